The predicted octanol–water partition coefficient (Wildman–Crippen LogP) is 3.14. The van der Waals surface area contributed by atoms with Gasteiger partial charge < -0.3 is 5.11 Å². The number of ketones is 1. The average Bonchev–Trinajstić information content (AvgIpc) is 2.38. The first-order chi connectivity index (χ1) is 8.93. The van der Waals surface area contributed by atoms with Gasteiger partial charge in [-0.2, -0.15) is 0 Å². The van der Waals surface area contributed by atoms with Crippen LogP contribution in [-0.2, 0) is 9.59 Å². The molecule has 1 aromatic rings. The Labute approximate surface area is 123 Å². The molecule has 1 atom stereocenters. The third-order valence-electron chi connectivity index (χ3n) is 2.37. The Kier molecular flexibility index (Phi) is 6.24. The summed E-state index contributed by atoms with van der Waals surface area (Å²) in [5.74, 6) is -1.42. The number of benzene rings is 1. The molecule has 1 unspecified atom stereocenters. The molecule has 0 amide bonds. The first-order valence-electron chi connectivity index (χ1n) is 5.65. The molecular formula is C13H13BrO4S. The van der Waals surface area contributed by atoms with Gasteiger partial charge in [0, 0.05) is 22.9 Å². The van der Waals surface area contributed by atoms with Gasteiger partial charge in [0.15, 0.2) is 10.9 Å². The maximum Gasteiger partial charge on any atom is 0.317 e. The van der Waals surface area contributed by atoms with Crippen molar-refractivity contribution in [1.82, 2.24) is 0 Å². The van der Waals surface area contributed by atoms with Crippen LogP contribution in [0.5, 0.6) is 0 Å². The van der Waals surface area contributed by atoms with Crippen LogP contribution in [-0.4, -0.2) is 27.2 Å². The van der Waals surface area contributed by atoms with Crippen LogP contribution in [0.3, 0.4) is 0 Å². The Hall–Kier alpha value is -1.14. The number of hydrogen-bond acceptors (Lipinski definition) is 4. The Morgan fingerprint density at radius 1 is 1.26 bits per heavy atom. The van der Waals surface area contributed by atoms with E-state index in [1.165, 1.54) is 0 Å². The molecule has 0 saturated heterocycles. The zero-order valence-corrected chi connectivity index (χ0v) is 12.7. The van der Waals surface area contributed by atoms with Gasteiger partial charge in [-0.15, -0.1) is 0 Å². The molecule has 1 aromatic carbocycles. The highest BCUT2D eigenvalue weighted by molar-refractivity contribution is 9.10. The normalized spacial score (nSPS) is 11.9. The third kappa shape index (κ3) is 5.16. The zero-order valence-electron chi connectivity index (χ0n) is 10.3. The molecule has 19 heavy (non-hydrogen) atoms. The molecule has 0 bridgehead atoms. The van der Waals surface area contributed by atoms with Crippen LogP contribution in [0.4, 0.5) is 0 Å². The lowest BCUT2D eigenvalue weighted by atomic mass is 10.1. The van der Waals surface area contributed by atoms with Gasteiger partial charge in [-0.05, 0) is 12.1 Å². The Bertz CT molecular complexity index is 484. The second kappa shape index (κ2) is 7.45. The molecule has 0 aliphatic heterocycles. The molecule has 0 fully saturated rings. The molecule has 0 heterocycles. The minimum atomic E-state index is -1.14. The number of carboxylic acids is 1. The molecule has 1 N–H and O–H groups in total. The summed E-state index contributed by atoms with van der Waals surface area (Å²) >= 11 is 3.97. The van der Waals surface area contributed by atoms with E-state index in [1.54, 1.807) is 31.2 Å². The standard InChI is InChI=1S/C13H13BrO4S/c1-2-12(16)19-11(13(17)18)7-10(15)8-3-5-9(14)6-4-8/h3-6,11H,2,7H2,1H3,(H,17,18). The Morgan fingerprint density at radius 3 is 2.32 bits per heavy atom. The topological polar surface area (TPSA) is 71.4 Å². The van der Waals surface area contributed by atoms with Gasteiger partial charge in [-0.25, -0.2) is 0 Å². The highest BCUT2D eigenvalue weighted by atomic mass is 79.9. The third-order valence-corrected chi connectivity index (χ3v) is 4.11. The van der Waals surface area contributed by atoms with Crippen molar-refractivity contribution in [3.05, 3.63) is 34.3 Å². The van der Waals surface area contributed by atoms with Crippen LogP contribution >= 0.6 is 27.7 Å². The molecule has 0 spiro atoms. The number of hydrogen-bond donors (Lipinski definition) is 1. The van der Waals surface area contributed by atoms with Crippen LogP contribution in [0.2, 0.25) is 0 Å². The molecular weight excluding hydrogens is 332 g/mol. The summed E-state index contributed by atoms with van der Waals surface area (Å²) in [6.45, 7) is 1.66. The van der Waals surface area contributed by atoms with E-state index < -0.39 is 11.2 Å². The van der Waals surface area contributed by atoms with E-state index in [0.29, 0.717) is 17.3 Å². The SMILES string of the molecule is CCC(=O)SC(CC(=O)c1ccc(Br)cc1)C(=O)O. The van der Waals surface area contributed by atoms with Crippen molar-refractivity contribution >= 4 is 44.6 Å². The molecule has 0 saturated carbocycles. The van der Waals surface area contributed by atoms with Crippen LogP contribution in [0.25, 0.3) is 0 Å². The maximum atomic E-state index is 11.9. The van der Waals surface area contributed by atoms with Crippen molar-refractivity contribution in [3.63, 3.8) is 0 Å². The Balaban J connectivity index is 2.73. The summed E-state index contributed by atoms with van der Waals surface area (Å²) in [6, 6.07) is 6.68. The number of carbonyl (C=O) groups excluding carboxylic acids is 2. The van der Waals surface area contributed by atoms with E-state index in [1.807, 2.05) is 0 Å². The van der Waals surface area contributed by atoms with Gasteiger partial charge >= 0.3 is 5.97 Å². The van der Waals surface area contributed by atoms with Crippen molar-refractivity contribution in [1.29, 1.82) is 0 Å². The summed E-state index contributed by atoms with van der Waals surface area (Å²) in [5.41, 5.74) is 0.444. The van der Waals surface area contributed by atoms with Crippen LogP contribution < -0.4 is 0 Å². The van der Waals surface area contributed by atoms with E-state index in [0.717, 1.165) is 4.47 Å². The molecule has 0 aromatic heterocycles. The lowest BCUT2D eigenvalue weighted by molar-refractivity contribution is -0.136. The lowest BCUT2D eigenvalue weighted by Crippen LogP contribution is -2.22. The average molecular weight is 345 g/mol. The van der Waals surface area contributed by atoms with Crippen LogP contribution in [0.1, 0.15) is 30.1 Å². The summed E-state index contributed by atoms with van der Waals surface area (Å²) in [6.07, 6.45) is 0.0638. The fraction of sp³-hybridized carbons (Fsp3) is 0.308. The van der Waals surface area contributed by atoms with Crippen molar-refractivity contribution in [2.24, 2.45) is 0 Å². The lowest BCUT2D eigenvalue weighted by Gasteiger charge is -2.09. The van der Waals surface area contributed by atoms with Crippen LogP contribution in [0.15, 0.2) is 28.7 Å². The number of carbonyl (C=O) groups is 3. The first-order valence-corrected chi connectivity index (χ1v) is 7.32. The molecule has 0 aliphatic carbocycles. The second-order valence-electron chi connectivity index (χ2n) is 3.80. The predicted molar refractivity (Wildman–Crippen MR) is 77.4 cm³/mol. The summed E-state index contributed by atoms with van der Waals surface area (Å²) in [4.78, 5) is 34.2. The number of aliphatic carboxylic acids is 1. The van der Waals surface area contributed by atoms with Gasteiger partial charge in [0.05, 0.1) is 0 Å². The van der Waals surface area contributed by atoms with Gasteiger partial charge in [0.1, 0.15) is 5.25 Å². The molecule has 6 heteroatoms. The summed E-state index contributed by atoms with van der Waals surface area (Å²) < 4.78 is 0.842. The molecule has 102 valence electrons. The number of thioether (sulfide) groups is 1. The number of halogens is 1. The number of rotatable bonds is 6. The van der Waals surface area contributed by atoms with Gasteiger partial charge in [-0.1, -0.05) is 46.7 Å². The van der Waals surface area contributed by atoms with E-state index in [4.69, 9.17) is 5.11 Å². The molecule has 1 rings (SSSR count). The highest BCUT2D eigenvalue weighted by Gasteiger charge is 2.25. The largest absolute Gasteiger partial charge is 0.480 e. The Morgan fingerprint density at radius 2 is 1.84 bits per heavy atom. The van der Waals surface area contributed by atoms with Gasteiger partial charge in [0.25, 0.3) is 0 Å². The minimum Gasteiger partial charge on any atom is -0.480 e. The van der Waals surface area contributed by atoms with Crippen molar-refractivity contribution in [2.75, 3.05) is 0 Å². The second-order valence-corrected chi connectivity index (χ2v) is 5.98. The minimum absolute atomic E-state index is 0.187. The number of Topliss-reactive ketones (excluding diaryl/α,β-unsaturated/α-hetero) is 1. The first kappa shape index (κ1) is 15.9. The summed E-state index contributed by atoms with van der Waals surface area (Å²) in [5, 5.41) is 7.77. The van der Waals surface area contributed by atoms with Gasteiger partial charge in [0.2, 0.25) is 0 Å². The van der Waals surface area contributed by atoms with Crippen molar-refractivity contribution in [3.8, 4) is 0 Å². The highest BCUT2D eigenvalue weighted by Crippen LogP contribution is 2.20. The number of carboxylic acid groups (broad SMARTS) is 1. The smallest absolute Gasteiger partial charge is 0.317 e. The zero-order chi connectivity index (χ0) is 14.4. The van der Waals surface area contributed by atoms with E-state index >= 15 is 0 Å². The molecule has 4 nitrogen and oxygen atoms in total. The van der Waals surface area contributed by atoms with Crippen molar-refractivity contribution in [2.45, 2.75) is 25.0 Å². The van der Waals surface area contributed by atoms with Crippen molar-refractivity contribution < 1.29 is 19.5 Å². The summed E-state index contributed by atoms with van der Waals surface area (Å²) in [7, 11) is 0. The van der Waals surface area contributed by atoms with Crippen LogP contribution in [0, 0.1) is 0 Å². The fourth-order valence-corrected chi connectivity index (χ4v) is 2.43. The van der Waals surface area contributed by atoms with E-state index in [9.17, 15) is 14.4 Å². The fourth-order valence-electron chi connectivity index (χ4n) is 1.34. The maximum absolute atomic E-state index is 11.9. The quantitative estimate of drug-likeness (QED) is 0.802. The molecule has 0 radical (unpaired) electrons. The monoisotopic (exact) mass is 344 g/mol. The van der Waals surface area contributed by atoms with Gasteiger partial charge in [-0.3, -0.25) is 14.4 Å². The van der Waals surface area contributed by atoms with E-state index in [-0.39, 0.29) is 23.7 Å². The van der Waals surface area contributed by atoms with E-state index in [2.05, 4.69) is 15.9 Å². The molecule has 0 aliphatic rings.